The predicted molar refractivity (Wildman–Crippen MR) is 65.1 cm³/mol. The molecule has 0 unspecified atom stereocenters. The predicted octanol–water partition coefficient (Wildman–Crippen LogP) is 1.71. The van der Waals surface area contributed by atoms with E-state index in [9.17, 15) is 4.39 Å². The molecule has 0 spiro atoms. The smallest absolute Gasteiger partial charge is 0.246 e. The highest BCUT2D eigenvalue weighted by Crippen LogP contribution is 2.25. The molecule has 1 heterocycles. The Bertz CT molecular complexity index is 531. The largest absolute Gasteiger partial charge is 0.368 e. The molecule has 17 heavy (non-hydrogen) atoms. The summed E-state index contributed by atoms with van der Waals surface area (Å²) in [6.45, 7) is 0. The minimum atomic E-state index is -0.501. The number of halogens is 2. The lowest BCUT2D eigenvalue weighted by Gasteiger charge is -2.07. The first kappa shape index (κ1) is 11.7. The third-order valence-electron chi connectivity index (χ3n) is 2.17. The van der Waals surface area contributed by atoms with Crippen LogP contribution in [-0.2, 0) is 0 Å². The standard InChI is InChI=1S/C10H11ClFN5/c1-16(2)10-14-9(13)17(15-10)8-6(11)4-3-5-7(8)12/h3-5H,1-2H3,(H2,13,14,15). The van der Waals surface area contributed by atoms with Crippen LogP contribution in [0.4, 0.5) is 16.3 Å². The molecule has 0 amide bonds. The Morgan fingerprint density at radius 1 is 1.41 bits per heavy atom. The van der Waals surface area contributed by atoms with Crippen molar-refractivity contribution in [3.8, 4) is 5.69 Å². The Hall–Kier alpha value is -1.82. The van der Waals surface area contributed by atoms with Crippen LogP contribution in [0.15, 0.2) is 18.2 Å². The molecule has 0 bridgehead atoms. The molecule has 0 radical (unpaired) electrons. The van der Waals surface area contributed by atoms with Gasteiger partial charge < -0.3 is 10.6 Å². The van der Waals surface area contributed by atoms with E-state index in [2.05, 4.69) is 10.1 Å². The number of hydrogen-bond donors (Lipinski definition) is 1. The first-order valence-corrected chi connectivity index (χ1v) is 5.22. The van der Waals surface area contributed by atoms with E-state index in [0.29, 0.717) is 5.95 Å². The van der Waals surface area contributed by atoms with Gasteiger partial charge in [-0.15, -0.1) is 5.10 Å². The zero-order valence-electron chi connectivity index (χ0n) is 9.35. The molecule has 0 aliphatic carbocycles. The topological polar surface area (TPSA) is 60.0 Å². The van der Waals surface area contributed by atoms with Gasteiger partial charge in [0.2, 0.25) is 11.9 Å². The molecule has 2 rings (SSSR count). The van der Waals surface area contributed by atoms with E-state index < -0.39 is 5.82 Å². The van der Waals surface area contributed by atoms with Crippen molar-refractivity contribution in [3.05, 3.63) is 29.0 Å². The molecule has 0 aliphatic rings. The zero-order chi connectivity index (χ0) is 12.6. The fourth-order valence-corrected chi connectivity index (χ4v) is 1.60. The van der Waals surface area contributed by atoms with E-state index >= 15 is 0 Å². The Kier molecular flexibility index (Phi) is 2.89. The number of nitrogen functional groups attached to an aromatic ring is 1. The third kappa shape index (κ3) is 2.03. The fraction of sp³-hybridized carbons (Fsp3) is 0.200. The lowest BCUT2D eigenvalue weighted by molar-refractivity contribution is 0.612. The summed E-state index contributed by atoms with van der Waals surface area (Å²) in [4.78, 5) is 5.67. The number of anilines is 2. The quantitative estimate of drug-likeness (QED) is 0.888. The maximum Gasteiger partial charge on any atom is 0.246 e. The van der Waals surface area contributed by atoms with Crippen LogP contribution >= 0.6 is 11.6 Å². The summed E-state index contributed by atoms with van der Waals surface area (Å²) in [5, 5.41) is 4.31. The van der Waals surface area contributed by atoms with Crippen molar-refractivity contribution in [1.29, 1.82) is 0 Å². The van der Waals surface area contributed by atoms with Crippen LogP contribution < -0.4 is 10.6 Å². The normalized spacial score (nSPS) is 10.6. The van der Waals surface area contributed by atoms with Crippen molar-refractivity contribution < 1.29 is 4.39 Å². The van der Waals surface area contributed by atoms with Crippen LogP contribution in [0.2, 0.25) is 5.02 Å². The van der Waals surface area contributed by atoms with Crippen LogP contribution in [-0.4, -0.2) is 28.9 Å². The number of aromatic nitrogens is 3. The second-order valence-corrected chi connectivity index (χ2v) is 4.05. The van der Waals surface area contributed by atoms with Crippen LogP contribution in [0.1, 0.15) is 0 Å². The lowest BCUT2D eigenvalue weighted by atomic mass is 10.3. The van der Waals surface area contributed by atoms with Gasteiger partial charge in [-0.3, -0.25) is 0 Å². The molecular weight excluding hydrogens is 245 g/mol. The molecule has 2 aromatic rings. The average Bonchev–Trinajstić information content (AvgIpc) is 2.61. The molecule has 2 N–H and O–H groups in total. The molecular formula is C10H11ClFN5. The number of nitrogens with zero attached hydrogens (tertiary/aromatic N) is 4. The van der Waals surface area contributed by atoms with E-state index in [-0.39, 0.29) is 16.7 Å². The molecule has 0 saturated heterocycles. The van der Waals surface area contributed by atoms with Gasteiger partial charge in [0.25, 0.3) is 0 Å². The second kappa shape index (κ2) is 4.21. The summed E-state index contributed by atoms with van der Waals surface area (Å²) in [7, 11) is 3.53. The minimum Gasteiger partial charge on any atom is -0.368 e. The highest BCUT2D eigenvalue weighted by atomic mass is 35.5. The average molecular weight is 256 g/mol. The highest BCUT2D eigenvalue weighted by Gasteiger charge is 2.16. The Balaban J connectivity index is 2.61. The lowest BCUT2D eigenvalue weighted by Crippen LogP contribution is -2.11. The van der Waals surface area contributed by atoms with Gasteiger partial charge in [-0.1, -0.05) is 17.7 Å². The first-order chi connectivity index (χ1) is 8.00. The fourth-order valence-electron chi connectivity index (χ4n) is 1.36. The summed E-state index contributed by atoms with van der Waals surface area (Å²) < 4.78 is 14.9. The Morgan fingerprint density at radius 2 is 2.12 bits per heavy atom. The van der Waals surface area contributed by atoms with Crippen molar-refractivity contribution >= 4 is 23.5 Å². The zero-order valence-corrected chi connectivity index (χ0v) is 10.1. The molecule has 1 aromatic heterocycles. The molecule has 0 saturated carbocycles. The number of benzene rings is 1. The Labute approximate surface area is 103 Å². The summed E-state index contributed by atoms with van der Waals surface area (Å²) in [6, 6.07) is 4.37. The van der Waals surface area contributed by atoms with Crippen molar-refractivity contribution in [1.82, 2.24) is 14.8 Å². The van der Waals surface area contributed by atoms with E-state index in [1.165, 1.54) is 16.8 Å². The number of para-hydroxylation sites is 1. The molecule has 0 aliphatic heterocycles. The summed E-state index contributed by atoms with van der Waals surface area (Å²) in [5.41, 5.74) is 5.79. The number of hydrogen-bond acceptors (Lipinski definition) is 4. The van der Waals surface area contributed by atoms with Gasteiger partial charge in [-0.05, 0) is 12.1 Å². The van der Waals surface area contributed by atoms with Gasteiger partial charge in [0.1, 0.15) is 5.69 Å². The summed E-state index contributed by atoms with van der Waals surface area (Å²) >= 11 is 5.93. The van der Waals surface area contributed by atoms with E-state index in [0.717, 1.165) is 0 Å². The van der Waals surface area contributed by atoms with E-state index in [1.54, 1.807) is 25.1 Å². The maximum atomic E-state index is 13.7. The molecule has 7 heteroatoms. The number of nitrogens with two attached hydrogens (primary N) is 1. The van der Waals surface area contributed by atoms with Gasteiger partial charge in [-0.25, -0.2) is 4.39 Å². The van der Waals surface area contributed by atoms with Gasteiger partial charge in [0.05, 0.1) is 5.02 Å². The van der Waals surface area contributed by atoms with Crippen molar-refractivity contribution in [2.24, 2.45) is 0 Å². The van der Waals surface area contributed by atoms with Crippen molar-refractivity contribution in [2.75, 3.05) is 24.7 Å². The molecule has 5 nitrogen and oxygen atoms in total. The summed E-state index contributed by atoms with van der Waals surface area (Å²) in [6.07, 6.45) is 0. The molecule has 1 aromatic carbocycles. The van der Waals surface area contributed by atoms with Gasteiger partial charge >= 0.3 is 0 Å². The minimum absolute atomic E-state index is 0.0840. The van der Waals surface area contributed by atoms with Crippen LogP contribution in [0.3, 0.4) is 0 Å². The van der Waals surface area contributed by atoms with Gasteiger partial charge in [-0.2, -0.15) is 9.67 Å². The first-order valence-electron chi connectivity index (χ1n) is 4.85. The Morgan fingerprint density at radius 3 is 2.65 bits per heavy atom. The van der Waals surface area contributed by atoms with Gasteiger partial charge in [0.15, 0.2) is 5.82 Å². The molecule has 0 atom stereocenters. The SMILES string of the molecule is CN(C)c1nc(N)n(-c2c(F)cccc2Cl)n1. The summed E-state index contributed by atoms with van der Waals surface area (Å²) in [5.74, 6) is -0.0260. The van der Waals surface area contributed by atoms with Crippen molar-refractivity contribution in [3.63, 3.8) is 0 Å². The molecule has 0 fully saturated rings. The maximum absolute atomic E-state index is 13.7. The monoisotopic (exact) mass is 255 g/mol. The van der Waals surface area contributed by atoms with E-state index in [4.69, 9.17) is 17.3 Å². The van der Waals surface area contributed by atoms with Gasteiger partial charge in [0, 0.05) is 14.1 Å². The number of rotatable bonds is 2. The van der Waals surface area contributed by atoms with Crippen LogP contribution in [0, 0.1) is 5.82 Å². The van der Waals surface area contributed by atoms with Crippen molar-refractivity contribution in [2.45, 2.75) is 0 Å². The van der Waals surface area contributed by atoms with Crippen LogP contribution in [0.5, 0.6) is 0 Å². The van der Waals surface area contributed by atoms with E-state index in [1.807, 2.05) is 0 Å². The second-order valence-electron chi connectivity index (χ2n) is 3.65. The third-order valence-corrected chi connectivity index (χ3v) is 2.48. The van der Waals surface area contributed by atoms with Crippen LogP contribution in [0.25, 0.3) is 5.69 Å². The highest BCUT2D eigenvalue weighted by molar-refractivity contribution is 6.32. The molecule has 90 valence electrons.